The van der Waals surface area contributed by atoms with Crippen LogP contribution in [-0.4, -0.2) is 17.2 Å². The van der Waals surface area contributed by atoms with E-state index in [9.17, 15) is 4.79 Å². The van der Waals surface area contributed by atoms with Gasteiger partial charge in [0.15, 0.2) is 0 Å². The van der Waals surface area contributed by atoms with Crippen molar-refractivity contribution in [2.45, 2.75) is 49.3 Å². The molecule has 1 aliphatic carbocycles. The van der Waals surface area contributed by atoms with Crippen LogP contribution in [0.25, 0.3) is 0 Å². The zero-order valence-electron chi connectivity index (χ0n) is 11.6. The molecule has 104 valence electrons. The molecule has 0 aliphatic heterocycles. The highest BCUT2D eigenvalue weighted by Crippen LogP contribution is 2.35. The van der Waals surface area contributed by atoms with Crippen LogP contribution in [0.3, 0.4) is 0 Å². The van der Waals surface area contributed by atoms with Crippen LogP contribution in [0.2, 0.25) is 0 Å². The Kier molecular flexibility index (Phi) is 4.88. The van der Waals surface area contributed by atoms with E-state index >= 15 is 0 Å². The molecule has 4 heteroatoms. The number of anilines is 1. The molecular weight excluding hydrogens is 256 g/mol. The van der Waals surface area contributed by atoms with Crippen molar-refractivity contribution in [3.05, 3.63) is 24.3 Å². The molecule has 3 nitrogen and oxygen atoms in total. The Morgan fingerprint density at radius 2 is 2.00 bits per heavy atom. The number of nitrogens with one attached hydrogen (secondary N) is 1. The Hall–Kier alpha value is -1.00. The van der Waals surface area contributed by atoms with Crippen molar-refractivity contribution in [1.82, 2.24) is 0 Å². The lowest BCUT2D eigenvalue weighted by Gasteiger charge is -2.32. The van der Waals surface area contributed by atoms with Gasteiger partial charge in [-0.1, -0.05) is 6.92 Å². The molecule has 19 heavy (non-hydrogen) atoms. The summed E-state index contributed by atoms with van der Waals surface area (Å²) in [5.74, 6) is 0.736. The van der Waals surface area contributed by atoms with E-state index in [0.717, 1.165) is 18.0 Å². The van der Waals surface area contributed by atoms with Gasteiger partial charge in [-0.2, -0.15) is 0 Å². The maximum Gasteiger partial charge on any atom is 0.221 e. The van der Waals surface area contributed by atoms with Crippen molar-refractivity contribution in [2.24, 2.45) is 11.7 Å². The number of thioether (sulfide) groups is 1. The fraction of sp³-hybridized carbons (Fsp3) is 0.533. The van der Waals surface area contributed by atoms with Crippen molar-refractivity contribution in [3.8, 4) is 0 Å². The average Bonchev–Trinajstić information content (AvgIpc) is 2.35. The van der Waals surface area contributed by atoms with Crippen molar-refractivity contribution in [1.29, 1.82) is 0 Å². The van der Waals surface area contributed by atoms with E-state index in [4.69, 9.17) is 5.73 Å². The summed E-state index contributed by atoms with van der Waals surface area (Å²) in [6.07, 6.45) is 3.57. The molecule has 1 aliphatic rings. The summed E-state index contributed by atoms with van der Waals surface area (Å²) in [7, 11) is 0. The first-order valence-electron chi connectivity index (χ1n) is 6.84. The molecule has 1 fully saturated rings. The van der Waals surface area contributed by atoms with Gasteiger partial charge in [0.2, 0.25) is 5.91 Å². The van der Waals surface area contributed by atoms with Gasteiger partial charge in [-0.15, -0.1) is 11.8 Å². The highest BCUT2D eigenvalue weighted by Gasteiger charge is 2.26. The van der Waals surface area contributed by atoms with E-state index in [-0.39, 0.29) is 5.91 Å². The molecule has 3 atom stereocenters. The molecule has 0 radical (unpaired) electrons. The smallest absolute Gasteiger partial charge is 0.221 e. The number of rotatable bonds is 3. The fourth-order valence-corrected chi connectivity index (χ4v) is 3.86. The van der Waals surface area contributed by atoms with Crippen LogP contribution in [0.4, 0.5) is 5.69 Å². The Morgan fingerprint density at radius 3 is 2.63 bits per heavy atom. The minimum Gasteiger partial charge on any atom is -0.327 e. The zero-order valence-corrected chi connectivity index (χ0v) is 12.4. The zero-order chi connectivity index (χ0) is 13.8. The Bertz CT molecular complexity index is 432. The van der Waals surface area contributed by atoms with Gasteiger partial charge >= 0.3 is 0 Å². The minimum absolute atomic E-state index is 0.0384. The van der Waals surface area contributed by atoms with Crippen molar-refractivity contribution >= 4 is 23.4 Å². The summed E-state index contributed by atoms with van der Waals surface area (Å²) in [6.45, 7) is 3.82. The van der Waals surface area contributed by atoms with Crippen molar-refractivity contribution < 1.29 is 4.79 Å². The van der Waals surface area contributed by atoms with Gasteiger partial charge in [-0.3, -0.25) is 4.79 Å². The second-order valence-electron chi connectivity index (χ2n) is 5.44. The van der Waals surface area contributed by atoms with Gasteiger partial charge in [0.1, 0.15) is 0 Å². The number of amides is 1. The standard InChI is InChI=1S/C15H22N2OS/c1-10-3-8-14(16)15(9-10)19-13-6-4-12(5-7-13)17-11(2)18/h4-7,10,14-15H,3,8-9,16H2,1-2H3,(H,17,18). The van der Waals surface area contributed by atoms with Crippen LogP contribution in [0.15, 0.2) is 29.2 Å². The van der Waals surface area contributed by atoms with Gasteiger partial charge in [-0.05, 0) is 49.4 Å². The summed E-state index contributed by atoms with van der Waals surface area (Å²) >= 11 is 1.87. The lowest BCUT2D eigenvalue weighted by Crippen LogP contribution is -2.37. The maximum atomic E-state index is 11.0. The van der Waals surface area contributed by atoms with Crippen LogP contribution in [0.1, 0.15) is 33.1 Å². The summed E-state index contributed by atoms with van der Waals surface area (Å²) in [5.41, 5.74) is 7.05. The second-order valence-corrected chi connectivity index (χ2v) is 6.76. The van der Waals surface area contributed by atoms with Crippen molar-refractivity contribution in [3.63, 3.8) is 0 Å². The van der Waals surface area contributed by atoms with E-state index in [1.807, 2.05) is 23.9 Å². The lowest BCUT2D eigenvalue weighted by molar-refractivity contribution is -0.114. The normalized spacial score (nSPS) is 27.0. The Morgan fingerprint density at radius 1 is 1.32 bits per heavy atom. The largest absolute Gasteiger partial charge is 0.327 e. The minimum atomic E-state index is -0.0384. The summed E-state index contributed by atoms with van der Waals surface area (Å²) in [5, 5.41) is 3.29. The van der Waals surface area contributed by atoms with E-state index in [1.54, 1.807) is 0 Å². The predicted octanol–water partition coefficient (Wildman–Crippen LogP) is 3.25. The first-order chi connectivity index (χ1) is 9.04. The first-order valence-corrected chi connectivity index (χ1v) is 7.72. The van der Waals surface area contributed by atoms with E-state index in [1.165, 1.54) is 24.7 Å². The molecule has 2 rings (SSSR count). The Labute approximate surface area is 119 Å². The average molecular weight is 278 g/mol. The van der Waals surface area contributed by atoms with Crippen LogP contribution in [0, 0.1) is 5.92 Å². The molecule has 0 saturated heterocycles. The van der Waals surface area contributed by atoms with Gasteiger partial charge in [0, 0.05) is 28.8 Å². The highest BCUT2D eigenvalue weighted by atomic mass is 32.2. The molecular formula is C15H22N2OS. The topological polar surface area (TPSA) is 55.1 Å². The summed E-state index contributed by atoms with van der Waals surface area (Å²) in [6, 6.07) is 8.31. The molecule has 1 aromatic rings. The van der Waals surface area contributed by atoms with Gasteiger partial charge in [0.05, 0.1) is 0 Å². The third-order valence-electron chi connectivity index (χ3n) is 3.57. The number of carbonyl (C=O) groups is 1. The molecule has 3 N–H and O–H groups in total. The molecule has 0 heterocycles. The molecule has 0 aromatic heterocycles. The molecule has 1 amide bonds. The SMILES string of the molecule is CC(=O)Nc1ccc(SC2CC(C)CCC2N)cc1. The lowest BCUT2D eigenvalue weighted by atomic mass is 9.87. The van der Waals surface area contributed by atoms with E-state index in [2.05, 4.69) is 24.4 Å². The molecule has 3 unspecified atom stereocenters. The third-order valence-corrected chi connectivity index (χ3v) is 4.96. The summed E-state index contributed by atoms with van der Waals surface area (Å²) in [4.78, 5) is 12.2. The first kappa shape index (κ1) is 14.4. The fourth-order valence-electron chi connectivity index (χ4n) is 2.48. The van der Waals surface area contributed by atoms with Gasteiger partial charge in [0.25, 0.3) is 0 Å². The molecule has 0 bridgehead atoms. The number of hydrogen-bond acceptors (Lipinski definition) is 3. The monoisotopic (exact) mass is 278 g/mol. The van der Waals surface area contributed by atoms with Crippen molar-refractivity contribution in [2.75, 3.05) is 5.32 Å². The third kappa shape index (κ3) is 4.25. The predicted molar refractivity (Wildman–Crippen MR) is 81.4 cm³/mol. The Balaban J connectivity index is 1.96. The molecule has 1 aromatic carbocycles. The van der Waals surface area contributed by atoms with Crippen LogP contribution >= 0.6 is 11.8 Å². The summed E-state index contributed by atoms with van der Waals surface area (Å²) < 4.78 is 0. The highest BCUT2D eigenvalue weighted by molar-refractivity contribution is 8.00. The quantitative estimate of drug-likeness (QED) is 0.892. The van der Waals surface area contributed by atoms with Crippen LogP contribution in [-0.2, 0) is 4.79 Å². The number of nitrogens with two attached hydrogens (primary N) is 1. The number of benzene rings is 1. The van der Waals surface area contributed by atoms with Gasteiger partial charge < -0.3 is 11.1 Å². The van der Waals surface area contributed by atoms with Crippen LogP contribution < -0.4 is 11.1 Å². The second kappa shape index (κ2) is 6.44. The maximum absolute atomic E-state index is 11.0. The van der Waals surface area contributed by atoms with E-state index in [0.29, 0.717) is 11.3 Å². The van der Waals surface area contributed by atoms with Gasteiger partial charge in [-0.25, -0.2) is 0 Å². The van der Waals surface area contributed by atoms with E-state index < -0.39 is 0 Å². The number of hydrogen-bond donors (Lipinski definition) is 2. The molecule has 1 saturated carbocycles. The van der Waals surface area contributed by atoms with Crippen LogP contribution in [0.5, 0.6) is 0 Å². The molecule has 0 spiro atoms. The number of carbonyl (C=O) groups excluding carboxylic acids is 1.